The van der Waals surface area contributed by atoms with Crippen LogP contribution in [0.1, 0.15) is 39.0 Å². The molecule has 18 heavy (non-hydrogen) atoms. The molecular formula is C15H26N2S. The van der Waals surface area contributed by atoms with Gasteiger partial charge < -0.3 is 5.32 Å². The molecule has 0 aliphatic carbocycles. The van der Waals surface area contributed by atoms with Gasteiger partial charge in [0.15, 0.2) is 0 Å². The maximum Gasteiger partial charge on any atom is 0.0419 e. The molecule has 0 aromatic carbocycles. The van der Waals surface area contributed by atoms with Gasteiger partial charge in [0.1, 0.15) is 0 Å². The first kappa shape index (κ1) is 15.5. The second kappa shape index (κ2) is 8.54. The van der Waals surface area contributed by atoms with Gasteiger partial charge in [-0.3, -0.25) is 4.98 Å². The van der Waals surface area contributed by atoms with Gasteiger partial charge in [0.2, 0.25) is 0 Å². The van der Waals surface area contributed by atoms with Crippen molar-refractivity contribution in [2.24, 2.45) is 0 Å². The van der Waals surface area contributed by atoms with E-state index in [2.05, 4.69) is 50.1 Å². The molecule has 0 aliphatic rings. The van der Waals surface area contributed by atoms with Gasteiger partial charge in [0, 0.05) is 30.1 Å². The summed E-state index contributed by atoms with van der Waals surface area (Å²) in [6.45, 7) is 9.86. The van der Waals surface area contributed by atoms with E-state index >= 15 is 0 Å². The molecule has 1 N–H and O–H groups in total. The van der Waals surface area contributed by atoms with E-state index in [1.807, 2.05) is 18.0 Å². The zero-order valence-corrected chi connectivity index (χ0v) is 12.9. The van der Waals surface area contributed by atoms with E-state index in [1.54, 1.807) is 0 Å². The van der Waals surface area contributed by atoms with Crippen molar-refractivity contribution in [1.82, 2.24) is 10.3 Å². The highest BCUT2D eigenvalue weighted by molar-refractivity contribution is 7.99. The summed E-state index contributed by atoms with van der Waals surface area (Å²) in [5.41, 5.74) is 2.51. The Balaban J connectivity index is 2.52. The zero-order chi connectivity index (χ0) is 13.4. The number of aromatic nitrogens is 1. The molecule has 0 saturated heterocycles. The Bertz CT molecular complexity index is 322. The van der Waals surface area contributed by atoms with Gasteiger partial charge in [0.05, 0.1) is 0 Å². The highest BCUT2D eigenvalue weighted by Crippen LogP contribution is 2.13. The Labute approximate surface area is 116 Å². The fourth-order valence-electron chi connectivity index (χ4n) is 1.82. The molecule has 1 aromatic rings. The molecule has 1 rings (SSSR count). The Morgan fingerprint density at radius 2 is 2.06 bits per heavy atom. The molecule has 0 radical (unpaired) electrons. The number of nitrogens with zero attached hydrogens (tertiary/aromatic N) is 1. The zero-order valence-electron chi connectivity index (χ0n) is 12.1. The van der Waals surface area contributed by atoms with Crippen LogP contribution in [0.3, 0.4) is 0 Å². The van der Waals surface area contributed by atoms with Gasteiger partial charge in [-0.15, -0.1) is 0 Å². The minimum absolute atomic E-state index is 0.530. The van der Waals surface area contributed by atoms with E-state index in [0.29, 0.717) is 11.3 Å². The number of hydrogen-bond acceptors (Lipinski definition) is 3. The van der Waals surface area contributed by atoms with Crippen LogP contribution in [0.4, 0.5) is 0 Å². The number of rotatable bonds is 8. The lowest BCUT2D eigenvalue weighted by Gasteiger charge is -2.18. The van der Waals surface area contributed by atoms with E-state index in [4.69, 9.17) is 0 Å². The van der Waals surface area contributed by atoms with Crippen molar-refractivity contribution in [1.29, 1.82) is 0 Å². The van der Waals surface area contributed by atoms with Gasteiger partial charge in [-0.2, -0.15) is 11.8 Å². The maximum atomic E-state index is 4.55. The smallest absolute Gasteiger partial charge is 0.0419 e. The highest BCUT2D eigenvalue weighted by Gasteiger charge is 2.10. The first-order valence-electron chi connectivity index (χ1n) is 6.94. The standard InChI is InChI=1S/C15H26N2S/c1-5-13-7-8-14(17-10-13)9-15(16-6-2)11-18-12(3)4/h7-8,10,12,15-16H,5-6,9,11H2,1-4H3. The van der Waals surface area contributed by atoms with Gasteiger partial charge in [-0.1, -0.05) is 33.8 Å². The van der Waals surface area contributed by atoms with Crippen LogP contribution in [0.2, 0.25) is 0 Å². The monoisotopic (exact) mass is 266 g/mol. The van der Waals surface area contributed by atoms with Crippen LogP contribution in [0.15, 0.2) is 18.3 Å². The molecule has 0 fully saturated rings. The third-order valence-electron chi connectivity index (χ3n) is 2.87. The minimum atomic E-state index is 0.530. The van der Waals surface area contributed by atoms with Gasteiger partial charge in [-0.05, 0) is 29.8 Å². The SMILES string of the molecule is CCNC(CSC(C)C)Cc1ccc(CC)cn1. The number of hydrogen-bond donors (Lipinski definition) is 1. The molecule has 0 amide bonds. The lowest BCUT2D eigenvalue weighted by Crippen LogP contribution is -2.34. The maximum absolute atomic E-state index is 4.55. The van der Waals surface area contributed by atoms with Crippen LogP contribution in [0.5, 0.6) is 0 Å². The Morgan fingerprint density at radius 3 is 2.56 bits per heavy atom. The van der Waals surface area contributed by atoms with E-state index in [9.17, 15) is 0 Å². The van der Waals surface area contributed by atoms with Crippen LogP contribution in [0.25, 0.3) is 0 Å². The van der Waals surface area contributed by atoms with Gasteiger partial charge in [0.25, 0.3) is 0 Å². The molecule has 0 aliphatic heterocycles. The largest absolute Gasteiger partial charge is 0.313 e. The van der Waals surface area contributed by atoms with Crippen LogP contribution in [-0.4, -0.2) is 28.6 Å². The Morgan fingerprint density at radius 1 is 1.28 bits per heavy atom. The summed E-state index contributed by atoms with van der Waals surface area (Å²) in [6.07, 6.45) is 4.10. The normalized spacial score (nSPS) is 12.9. The topological polar surface area (TPSA) is 24.9 Å². The van der Waals surface area contributed by atoms with Crippen molar-refractivity contribution >= 4 is 11.8 Å². The minimum Gasteiger partial charge on any atom is -0.313 e. The van der Waals surface area contributed by atoms with Gasteiger partial charge in [-0.25, -0.2) is 0 Å². The Hall–Kier alpha value is -0.540. The number of nitrogens with one attached hydrogen (secondary N) is 1. The lowest BCUT2D eigenvalue weighted by molar-refractivity contribution is 0.566. The van der Waals surface area contributed by atoms with Crippen molar-refractivity contribution in [2.45, 2.75) is 51.8 Å². The molecule has 1 atom stereocenters. The fraction of sp³-hybridized carbons (Fsp3) is 0.667. The Kier molecular flexibility index (Phi) is 7.36. The molecule has 2 nitrogen and oxygen atoms in total. The van der Waals surface area contributed by atoms with Crippen LogP contribution >= 0.6 is 11.8 Å². The van der Waals surface area contributed by atoms with Crippen molar-refractivity contribution in [3.63, 3.8) is 0 Å². The molecule has 1 unspecified atom stereocenters. The summed E-state index contributed by atoms with van der Waals surface area (Å²) in [7, 11) is 0. The second-order valence-electron chi connectivity index (χ2n) is 4.85. The van der Waals surface area contributed by atoms with E-state index in [1.165, 1.54) is 11.3 Å². The van der Waals surface area contributed by atoms with Crippen molar-refractivity contribution < 1.29 is 0 Å². The molecule has 3 heteroatoms. The van der Waals surface area contributed by atoms with Crippen molar-refractivity contribution in [3.05, 3.63) is 29.6 Å². The van der Waals surface area contributed by atoms with E-state index in [0.717, 1.165) is 25.1 Å². The quantitative estimate of drug-likeness (QED) is 0.781. The average Bonchev–Trinajstić information content (AvgIpc) is 2.37. The summed E-state index contributed by atoms with van der Waals surface area (Å²) in [5, 5.41) is 4.25. The number of pyridine rings is 1. The molecule has 1 aromatic heterocycles. The lowest BCUT2D eigenvalue weighted by atomic mass is 10.1. The van der Waals surface area contributed by atoms with Crippen molar-refractivity contribution in [2.75, 3.05) is 12.3 Å². The number of aryl methyl sites for hydroxylation is 1. The molecule has 102 valence electrons. The molecule has 1 heterocycles. The summed E-state index contributed by atoms with van der Waals surface area (Å²) < 4.78 is 0. The second-order valence-corrected chi connectivity index (χ2v) is 6.46. The summed E-state index contributed by atoms with van der Waals surface area (Å²) in [4.78, 5) is 4.55. The molecule has 0 bridgehead atoms. The highest BCUT2D eigenvalue weighted by atomic mass is 32.2. The van der Waals surface area contributed by atoms with Crippen LogP contribution in [0, 0.1) is 0 Å². The summed E-state index contributed by atoms with van der Waals surface area (Å²) >= 11 is 2.02. The van der Waals surface area contributed by atoms with Crippen LogP contribution in [-0.2, 0) is 12.8 Å². The molecular weight excluding hydrogens is 240 g/mol. The van der Waals surface area contributed by atoms with E-state index in [-0.39, 0.29) is 0 Å². The number of likely N-dealkylation sites (N-methyl/N-ethyl adjacent to an activating group) is 1. The molecule has 0 spiro atoms. The predicted octanol–water partition coefficient (Wildman–Crippen LogP) is 3.31. The molecule has 0 saturated carbocycles. The van der Waals surface area contributed by atoms with Crippen LogP contribution < -0.4 is 5.32 Å². The van der Waals surface area contributed by atoms with Gasteiger partial charge >= 0.3 is 0 Å². The van der Waals surface area contributed by atoms with Crippen molar-refractivity contribution in [3.8, 4) is 0 Å². The first-order valence-corrected chi connectivity index (χ1v) is 7.99. The first-order chi connectivity index (χ1) is 8.65. The number of thioether (sulfide) groups is 1. The fourth-order valence-corrected chi connectivity index (χ4v) is 2.68. The average molecular weight is 266 g/mol. The summed E-state index contributed by atoms with van der Waals surface area (Å²) in [5.74, 6) is 1.16. The summed E-state index contributed by atoms with van der Waals surface area (Å²) in [6, 6.07) is 4.90. The van der Waals surface area contributed by atoms with E-state index < -0.39 is 0 Å². The third kappa shape index (κ3) is 5.87. The third-order valence-corrected chi connectivity index (χ3v) is 4.13. The predicted molar refractivity (Wildman–Crippen MR) is 82.4 cm³/mol.